The summed E-state index contributed by atoms with van der Waals surface area (Å²) in [5.41, 5.74) is -0.997. The molecule has 3 rings (SSSR count). The van der Waals surface area contributed by atoms with E-state index in [2.05, 4.69) is 4.98 Å². The Kier molecular flexibility index (Phi) is 4.24. The van der Waals surface area contributed by atoms with Crippen molar-refractivity contribution in [2.75, 3.05) is 13.1 Å². The number of H-pyrrole nitrogens is 1. The molecule has 1 amide bonds. The van der Waals surface area contributed by atoms with Crippen molar-refractivity contribution in [1.82, 2.24) is 9.88 Å². The lowest BCUT2D eigenvalue weighted by Gasteiger charge is -2.28. The third kappa shape index (κ3) is 2.86. The normalized spacial score (nSPS) is 20.2. The van der Waals surface area contributed by atoms with E-state index in [1.165, 1.54) is 17.2 Å². The lowest BCUT2D eigenvalue weighted by atomic mass is 9.76. The number of aliphatic carboxylic acids is 1. The number of hydrogen-bond donors (Lipinski definition) is 2. The van der Waals surface area contributed by atoms with Gasteiger partial charge >= 0.3 is 5.97 Å². The molecule has 7 nitrogen and oxygen atoms in total. The van der Waals surface area contributed by atoms with Crippen molar-refractivity contribution >= 4 is 11.9 Å². The molecule has 1 fully saturated rings. The highest BCUT2D eigenvalue weighted by molar-refractivity contribution is 5.95. The van der Waals surface area contributed by atoms with E-state index in [-0.39, 0.29) is 18.0 Å². The van der Waals surface area contributed by atoms with E-state index in [0.717, 1.165) is 0 Å². The summed E-state index contributed by atoms with van der Waals surface area (Å²) in [6, 6.07) is 6.47. The zero-order valence-corrected chi connectivity index (χ0v) is 14.1. The Morgan fingerprint density at radius 1 is 1.32 bits per heavy atom. The van der Waals surface area contributed by atoms with Crippen molar-refractivity contribution in [3.05, 3.63) is 46.4 Å². The molecule has 25 heavy (non-hydrogen) atoms. The van der Waals surface area contributed by atoms with Crippen molar-refractivity contribution in [3.63, 3.8) is 0 Å². The van der Waals surface area contributed by atoms with Gasteiger partial charge in [-0.25, -0.2) is 0 Å². The van der Waals surface area contributed by atoms with E-state index < -0.39 is 22.9 Å². The van der Waals surface area contributed by atoms with Crippen LogP contribution in [0.3, 0.4) is 0 Å². The predicted octanol–water partition coefficient (Wildman–Crippen LogP) is 2.21. The average Bonchev–Trinajstić information content (AvgIpc) is 3.24. The van der Waals surface area contributed by atoms with Gasteiger partial charge in [0.05, 0.1) is 17.4 Å². The number of carboxylic acid groups (broad SMARTS) is 1. The molecule has 0 spiro atoms. The van der Waals surface area contributed by atoms with E-state index >= 15 is 0 Å². The Morgan fingerprint density at radius 3 is 2.60 bits per heavy atom. The third-order valence-electron chi connectivity index (χ3n) is 5.05. The molecule has 2 aromatic heterocycles. The molecule has 2 aromatic rings. The van der Waals surface area contributed by atoms with E-state index in [4.69, 9.17) is 4.42 Å². The van der Waals surface area contributed by atoms with E-state index in [9.17, 15) is 19.5 Å². The van der Waals surface area contributed by atoms with Crippen LogP contribution < -0.4 is 5.56 Å². The Bertz CT molecular complexity index is 853. The summed E-state index contributed by atoms with van der Waals surface area (Å²) in [5.74, 6) is -0.958. The number of hydrogen-bond acceptors (Lipinski definition) is 4. The Balaban J connectivity index is 1.85. The number of carbonyl (C=O) groups excluding carboxylic acids is 1. The first-order valence-corrected chi connectivity index (χ1v) is 8.15. The molecule has 7 heteroatoms. The number of aromatic nitrogens is 1. The van der Waals surface area contributed by atoms with E-state index in [1.54, 1.807) is 18.2 Å². The van der Waals surface area contributed by atoms with Crippen LogP contribution >= 0.6 is 0 Å². The Hall–Kier alpha value is -2.83. The van der Waals surface area contributed by atoms with Gasteiger partial charge in [0.15, 0.2) is 0 Å². The smallest absolute Gasteiger partial charge is 0.311 e. The summed E-state index contributed by atoms with van der Waals surface area (Å²) < 4.78 is 5.22. The molecular weight excluding hydrogens is 324 g/mol. The van der Waals surface area contributed by atoms with Crippen molar-refractivity contribution in [3.8, 4) is 11.5 Å². The van der Waals surface area contributed by atoms with Crippen molar-refractivity contribution in [1.29, 1.82) is 0 Å². The molecule has 0 aliphatic carbocycles. The minimum Gasteiger partial charge on any atom is -0.481 e. The van der Waals surface area contributed by atoms with Gasteiger partial charge in [0.25, 0.3) is 11.5 Å². The van der Waals surface area contributed by atoms with Crippen molar-refractivity contribution < 1.29 is 19.1 Å². The molecular formula is C18H20N2O5. The van der Waals surface area contributed by atoms with Gasteiger partial charge in [-0.1, -0.05) is 13.8 Å². The maximum atomic E-state index is 12.7. The summed E-state index contributed by atoms with van der Waals surface area (Å²) in [7, 11) is 0. The minimum atomic E-state index is -0.962. The molecule has 3 heterocycles. The van der Waals surface area contributed by atoms with Crippen LogP contribution in [0.4, 0.5) is 0 Å². The summed E-state index contributed by atoms with van der Waals surface area (Å²) >= 11 is 0. The maximum absolute atomic E-state index is 12.7. The number of likely N-dealkylation sites (tertiary alicyclic amines) is 1. The van der Waals surface area contributed by atoms with Gasteiger partial charge in [-0.05, 0) is 36.6 Å². The summed E-state index contributed by atoms with van der Waals surface area (Å²) in [6.07, 6.45) is 1.88. The number of rotatable bonds is 4. The van der Waals surface area contributed by atoms with Crippen LogP contribution in [0, 0.1) is 11.3 Å². The first-order valence-electron chi connectivity index (χ1n) is 8.15. The quantitative estimate of drug-likeness (QED) is 0.885. The molecule has 0 saturated carbocycles. The van der Waals surface area contributed by atoms with Crippen LogP contribution in [0.2, 0.25) is 0 Å². The Morgan fingerprint density at radius 2 is 2.08 bits per heavy atom. The standard InChI is InChI=1S/C18H20N2O5/c1-11(2)18(17(23)24)7-8-20(10-18)16(22)12-5-6-13(19-15(12)21)14-4-3-9-25-14/h3-6,9,11H,7-8,10H2,1-2H3,(H,19,21)(H,23,24). The van der Waals surface area contributed by atoms with Crippen LogP contribution in [0.25, 0.3) is 11.5 Å². The van der Waals surface area contributed by atoms with Crippen molar-refractivity contribution in [2.24, 2.45) is 11.3 Å². The minimum absolute atomic E-state index is 0.000232. The second kappa shape index (κ2) is 6.23. The lowest BCUT2D eigenvalue weighted by molar-refractivity contribution is -0.150. The zero-order valence-electron chi connectivity index (χ0n) is 14.1. The van der Waals surface area contributed by atoms with Crippen LogP contribution in [0.5, 0.6) is 0 Å². The largest absolute Gasteiger partial charge is 0.481 e. The number of carbonyl (C=O) groups is 2. The number of pyridine rings is 1. The number of furan rings is 1. The summed E-state index contributed by atoms with van der Waals surface area (Å²) in [4.78, 5) is 40.8. The highest BCUT2D eigenvalue weighted by atomic mass is 16.4. The number of aromatic amines is 1. The maximum Gasteiger partial charge on any atom is 0.311 e. The van der Waals surface area contributed by atoms with Crippen LogP contribution in [-0.2, 0) is 4.79 Å². The van der Waals surface area contributed by atoms with Crippen LogP contribution in [-0.4, -0.2) is 40.0 Å². The Labute approximate surface area is 144 Å². The van der Waals surface area contributed by atoms with E-state index in [1.807, 2.05) is 13.8 Å². The molecule has 1 saturated heterocycles. The first kappa shape index (κ1) is 17.0. The molecule has 0 bridgehead atoms. The predicted molar refractivity (Wildman–Crippen MR) is 90.2 cm³/mol. The van der Waals surface area contributed by atoms with Crippen LogP contribution in [0.1, 0.15) is 30.6 Å². The average molecular weight is 344 g/mol. The number of amides is 1. The SMILES string of the molecule is CC(C)C1(C(=O)O)CCN(C(=O)c2ccc(-c3ccco3)[nH]c2=O)C1. The fraction of sp³-hybridized carbons (Fsp3) is 0.389. The molecule has 1 unspecified atom stereocenters. The number of nitrogens with one attached hydrogen (secondary N) is 1. The number of carboxylic acids is 1. The van der Waals surface area contributed by atoms with Gasteiger partial charge in [-0.3, -0.25) is 14.4 Å². The van der Waals surface area contributed by atoms with E-state index in [0.29, 0.717) is 24.4 Å². The topological polar surface area (TPSA) is 104 Å². The fourth-order valence-corrected chi connectivity index (χ4v) is 3.29. The molecule has 1 aliphatic heterocycles. The second-order valence-corrected chi connectivity index (χ2v) is 6.68. The zero-order chi connectivity index (χ0) is 18.2. The van der Waals surface area contributed by atoms with Gasteiger partial charge < -0.3 is 19.4 Å². The molecule has 0 aromatic carbocycles. The highest BCUT2D eigenvalue weighted by Gasteiger charge is 2.48. The van der Waals surface area contributed by atoms with Crippen molar-refractivity contribution in [2.45, 2.75) is 20.3 Å². The lowest BCUT2D eigenvalue weighted by Crippen LogP contribution is -2.41. The molecule has 1 atom stereocenters. The summed E-state index contributed by atoms with van der Waals surface area (Å²) in [5, 5.41) is 9.58. The van der Waals surface area contributed by atoms with Crippen LogP contribution in [0.15, 0.2) is 39.7 Å². The second-order valence-electron chi connectivity index (χ2n) is 6.68. The molecule has 132 valence electrons. The monoisotopic (exact) mass is 344 g/mol. The first-order chi connectivity index (χ1) is 11.8. The van der Waals surface area contributed by atoms with Gasteiger partial charge in [0, 0.05) is 13.1 Å². The number of nitrogens with zero attached hydrogens (tertiary/aromatic N) is 1. The van der Waals surface area contributed by atoms with Gasteiger partial charge in [0.1, 0.15) is 11.3 Å². The third-order valence-corrected chi connectivity index (χ3v) is 5.05. The molecule has 1 aliphatic rings. The van der Waals surface area contributed by atoms with Gasteiger partial charge in [-0.15, -0.1) is 0 Å². The summed E-state index contributed by atoms with van der Waals surface area (Å²) in [6.45, 7) is 4.11. The van der Waals surface area contributed by atoms with Gasteiger partial charge in [0.2, 0.25) is 0 Å². The highest BCUT2D eigenvalue weighted by Crippen LogP contribution is 2.38. The molecule has 2 N–H and O–H groups in total. The molecule has 0 radical (unpaired) electrons. The fourth-order valence-electron chi connectivity index (χ4n) is 3.29. The van der Waals surface area contributed by atoms with Gasteiger partial charge in [-0.2, -0.15) is 0 Å².